The smallest absolute Gasteiger partial charge is 0.266 e. The van der Waals surface area contributed by atoms with Gasteiger partial charge in [-0.25, -0.2) is 4.68 Å². The van der Waals surface area contributed by atoms with E-state index in [4.69, 9.17) is 33.7 Å². The lowest BCUT2D eigenvalue weighted by Gasteiger charge is -2.14. The first kappa shape index (κ1) is 28.0. The molecule has 0 N–H and O–H groups in total. The topological polar surface area (TPSA) is 47.4 Å². The molecule has 5 aromatic rings. The maximum atomic E-state index is 13.5. The Kier molecular flexibility index (Phi) is 8.51. The molecular formula is C34H26ClN3O2S2. The fourth-order valence-corrected chi connectivity index (χ4v) is 6.15. The summed E-state index contributed by atoms with van der Waals surface area (Å²) in [5, 5.41) is 5.60. The van der Waals surface area contributed by atoms with Gasteiger partial charge in [0.25, 0.3) is 5.91 Å². The normalized spacial score (nSPS) is 14.1. The van der Waals surface area contributed by atoms with Crippen molar-refractivity contribution in [2.75, 3.05) is 6.54 Å². The van der Waals surface area contributed by atoms with Crippen LogP contribution < -0.4 is 4.74 Å². The van der Waals surface area contributed by atoms with Gasteiger partial charge in [-0.1, -0.05) is 114 Å². The van der Waals surface area contributed by atoms with Crippen LogP contribution in [-0.2, 0) is 17.8 Å². The van der Waals surface area contributed by atoms with Crippen LogP contribution in [0, 0.1) is 0 Å². The molecule has 8 heteroatoms. The molecule has 4 aromatic carbocycles. The standard InChI is InChI=1S/C34H26ClN3O2S2/c35-30-17-8-7-12-26(30)23-40-29-16-9-13-25(20-29)32-27(22-38(36-32)28-14-5-2-6-15-28)21-31-33(39)37(34(41)42-31)19-18-24-10-3-1-4-11-24/h1-17,20-22H,18-19,23H2/b31-21-. The molecule has 1 fully saturated rings. The van der Waals surface area contributed by atoms with E-state index in [1.54, 1.807) is 4.90 Å². The van der Waals surface area contributed by atoms with Crippen molar-refractivity contribution < 1.29 is 9.53 Å². The molecule has 208 valence electrons. The van der Waals surface area contributed by atoms with E-state index in [9.17, 15) is 4.79 Å². The number of hydrogen-bond donors (Lipinski definition) is 0. The Bertz CT molecular complexity index is 1770. The summed E-state index contributed by atoms with van der Waals surface area (Å²) in [7, 11) is 0. The van der Waals surface area contributed by atoms with Crippen LogP contribution in [0.4, 0.5) is 0 Å². The minimum atomic E-state index is -0.0869. The van der Waals surface area contributed by atoms with Crippen LogP contribution in [0.1, 0.15) is 16.7 Å². The second-order valence-electron chi connectivity index (χ2n) is 9.69. The summed E-state index contributed by atoms with van der Waals surface area (Å²) in [5.41, 5.74) is 5.40. The highest BCUT2D eigenvalue weighted by Crippen LogP contribution is 2.35. The number of para-hydroxylation sites is 1. The van der Waals surface area contributed by atoms with Crippen LogP contribution in [0.2, 0.25) is 5.02 Å². The van der Waals surface area contributed by atoms with Crippen molar-refractivity contribution >= 4 is 51.9 Å². The van der Waals surface area contributed by atoms with E-state index in [1.165, 1.54) is 17.3 Å². The Morgan fingerprint density at radius 3 is 2.43 bits per heavy atom. The van der Waals surface area contributed by atoms with Crippen molar-refractivity contribution in [3.8, 4) is 22.7 Å². The van der Waals surface area contributed by atoms with Gasteiger partial charge in [0.1, 0.15) is 22.4 Å². The summed E-state index contributed by atoms with van der Waals surface area (Å²) in [6.07, 6.45) is 4.57. The maximum absolute atomic E-state index is 13.5. The molecule has 0 saturated carbocycles. The number of thioether (sulfide) groups is 1. The molecule has 0 radical (unpaired) electrons. The van der Waals surface area contributed by atoms with E-state index < -0.39 is 0 Å². The van der Waals surface area contributed by atoms with Gasteiger partial charge in [-0.3, -0.25) is 9.69 Å². The molecule has 1 aromatic heterocycles. The van der Waals surface area contributed by atoms with Crippen LogP contribution in [0.25, 0.3) is 23.0 Å². The molecule has 0 bridgehead atoms. The van der Waals surface area contributed by atoms with E-state index in [-0.39, 0.29) is 5.91 Å². The number of nitrogens with zero attached hydrogens (tertiary/aromatic N) is 3. The zero-order valence-corrected chi connectivity index (χ0v) is 24.9. The molecule has 1 saturated heterocycles. The third kappa shape index (κ3) is 6.34. The number of benzene rings is 4. The number of ether oxygens (including phenoxy) is 1. The van der Waals surface area contributed by atoms with Gasteiger partial charge in [0.2, 0.25) is 0 Å². The molecular weight excluding hydrogens is 582 g/mol. The number of carbonyl (C=O) groups is 1. The van der Waals surface area contributed by atoms with Gasteiger partial charge < -0.3 is 4.74 Å². The van der Waals surface area contributed by atoms with Gasteiger partial charge in [0.05, 0.1) is 10.6 Å². The number of amides is 1. The quantitative estimate of drug-likeness (QED) is 0.125. The lowest BCUT2D eigenvalue weighted by Crippen LogP contribution is -2.30. The Morgan fingerprint density at radius 2 is 1.64 bits per heavy atom. The van der Waals surface area contributed by atoms with Gasteiger partial charge in [0, 0.05) is 34.5 Å². The summed E-state index contributed by atoms with van der Waals surface area (Å²) in [4.78, 5) is 15.7. The summed E-state index contributed by atoms with van der Waals surface area (Å²) < 4.78 is 8.48. The SMILES string of the molecule is O=C1/C(=C/c2cn(-c3ccccc3)nc2-c2cccc(OCc3ccccc3Cl)c2)SC(=S)N1CCc1ccccc1. The minimum absolute atomic E-state index is 0.0869. The average Bonchev–Trinajstić information content (AvgIpc) is 3.56. The summed E-state index contributed by atoms with van der Waals surface area (Å²) in [6, 6.07) is 35.4. The number of carbonyl (C=O) groups excluding carboxylic acids is 1. The van der Waals surface area contributed by atoms with Crippen LogP contribution in [0.3, 0.4) is 0 Å². The lowest BCUT2D eigenvalue weighted by molar-refractivity contribution is -0.122. The predicted octanol–water partition coefficient (Wildman–Crippen LogP) is 8.22. The molecule has 0 aliphatic carbocycles. The number of aromatic nitrogens is 2. The molecule has 1 aliphatic rings. The summed E-state index contributed by atoms with van der Waals surface area (Å²) >= 11 is 13.3. The molecule has 2 heterocycles. The molecule has 0 unspecified atom stereocenters. The number of rotatable bonds is 9. The third-order valence-corrected chi connectivity index (χ3v) is 8.60. The molecule has 5 nitrogen and oxygen atoms in total. The summed E-state index contributed by atoms with van der Waals surface area (Å²) in [5.74, 6) is 0.607. The van der Waals surface area contributed by atoms with E-state index >= 15 is 0 Å². The van der Waals surface area contributed by atoms with Gasteiger partial charge in [-0.15, -0.1) is 0 Å². The van der Waals surface area contributed by atoms with Gasteiger partial charge in [0.15, 0.2) is 0 Å². The van der Waals surface area contributed by atoms with Crippen LogP contribution in [-0.4, -0.2) is 31.5 Å². The second-order valence-corrected chi connectivity index (χ2v) is 11.8. The van der Waals surface area contributed by atoms with Gasteiger partial charge in [-0.2, -0.15) is 5.10 Å². The Morgan fingerprint density at radius 1 is 0.905 bits per heavy atom. The van der Waals surface area contributed by atoms with Crippen molar-refractivity contribution in [1.82, 2.24) is 14.7 Å². The zero-order chi connectivity index (χ0) is 28.9. The Balaban J connectivity index is 1.30. The van der Waals surface area contributed by atoms with Crippen LogP contribution in [0.15, 0.2) is 120 Å². The predicted molar refractivity (Wildman–Crippen MR) is 175 cm³/mol. The van der Waals surface area contributed by atoms with Crippen molar-refractivity contribution in [3.63, 3.8) is 0 Å². The first-order chi connectivity index (χ1) is 20.5. The highest BCUT2D eigenvalue weighted by molar-refractivity contribution is 8.26. The second kappa shape index (κ2) is 12.8. The third-order valence-electron chi connectivity index (χ3n) is 6.85. The molecule has 1 aliphatic heterocycles. The minimum Gasteiger partial charge on any atom is -0.489 e. The largest absolute Gasteiger partial charge is 0.489 e. The van der Waals surface area contributed by atoms with E-state index in [2.05, 4.69) is 12.1 Å². The van der Waals surface area contributed by atoms with Crippen molar-refractivity contribution in [3.05, 3.63) is 142 Å². The Labute approximate surface area is 259 Å². The number of hydrogen-bond acceptors (Lipinski definition) is 5. The van der Waals surface area contributed by atoms with Crippen molar-refractivity contribution in [2.24, 2.45) is 0 Å². The van der Waals surface area contributed by atoms with Crippen LogP contribution >= 0.6 is 35.6 Å². The van der Waals surface area contributed by atoms with E-state index in [1.807, 2.05) is 114 Å². The first-order valence-electron chi connectivity index (χ1n) is 13.5. The highest BCUT2D eigenvalue weighted by Gasteiger charge is 2.32. The van der Waals surface area contributed by atoms with Gasteiger partial charge in [-0.05, 0) is 48.4 Å². The lowest BCUT2D eigenvalue weighted by atomic mass is 10.1. The Hall–Kier alpha value is -4.17. The molecule has 1 amide bonds. The molecule has 42 heavy (non-hydrogen) atoms. The maximum Gasteiger partial charge on any atom is 0.266 e. The van der Waals surface area contributed by atoms with Gasteiger partial charge >= 0.3 is 0 Å². The molecule has 0 atom stereocenters. The van der Waals surface area contributed by atoms with Crippen LogP contribution in [0.5, 0.6) is 5.75 Å². The number of thiocarbonyl (C=S) groups is 1. The molecule has 0 spiro atoms. The van der Waals surface area contributed by atoms with E-state index in [0.29, 0.717) is 33.1 Å². The fourth-order valence-electron chi connectivity index (χ4n) is 4.66. The monoisotopic (exact) mass is 607 g/mol. The van der Waals surface area contributed by atoms with E-state index in [0.717, 1.165) is 34.5 Å². The number of halogens is 1. The average molecular weight is 608 g/mol. The molecule has 6 rings (SSSR count). The zero-order valence-electron chi connectivity index (χ0n) is 22.5. The highest BCUT2D eigenvalue weighted by atomic mass is 35.5. The fraction of sp³-hybridized carbons (Fsp3) is 0.0882. The van der Waals surface area contributed by atoms with Crippen molar-refractivity contribution in [1.29, 1.82) is 0 Å². The first-order valence-corrected chi connectivity index (χ1v) is 15.1. The summed E-state index contributed by atoms with van der Waals surface area (Å²) in [6.45, 7) is 0.882. The van der Waals surface area contributed by atoms with Crippen molar-refractivity contribution in [2.45, 2.75) is 13.0 Å².